The molecule has 0 heterocycles. The first-order valence-electron chi connectivity index (χ1n) is 14.5. The van der Waals surface area contributed by atoms with Gasteiger partial charge in [0.05, 0.1) is 21.2 Å². The van der Waals surface area contributed by atoms with E-state index >= 15 is 0 Å². The summed E-state index contributed by atoms with van der Waals surface area (Å²) in [5, 5.41) is 2.14. The zero-order valence-electron chi connectivity index (χ0n) is 25.4. The molecule has 0 saturated carbocycles. The lowest BCUT2D eigenvalue weighted by atomic mass is 10.0. The minimum Gasteiger partial charge on any atom is -0.352 e. The molecule has 0 aliphatic rings. The molecule has 0 aromatic heterocycles. The molecule has 0 spiro atoms. The standard InChI is InChI=1S/C34H32ClF4N3O4S/c1-23(2)40-33(44)31(19-24-9-5-3-6-10-24)41(21-25-13-15-26(36)16-14-25)32(43)22-42(47(45,46)28-11-7-4-8-12-28)27-17-18-30(35)29(20-27)34(37,38)39/h3-18,20,23,31H,19,21-22H2,1-2H3,(H,40,44). The molecule has 4 rings (SSSR count). The summed E-state index contributed by atoms with van der Waals surface area (Å²) in [4.78, 5) is 28.9. The lowest BCUT2D eigenvalue weighted by Crippen LogP contribution is -2.54. The number of benzene rings is 4. The van der Waals surface area contributed by atoms with Crippen molar-refractivity contribution in [2.45, 2.75) is 50.0 Å². The van der Waals surface area contributed by atoms with E-state index in [9.17, 15) is 35.6 Å². The van der Waals surface area contributed by atoms with E-state index in [1.165, 1.54) is 48.5 Å². The summed E-state index contributed by atoms with van der Waals surface area (Å²) in [6.45, 7) is 2.25. The van der Waals surface area contributed by atoms with Crippen LogP contribution in [-0.2, 0) is 38.8 Å². The second kappa shape index (κ2) is 15.0. The molecular formula is C34H32ClF4N3O4S. The number of sulfonamides is 1. The minimum atomic E-state index is -4.93. The summed E-state index contributed by atoms with van der Waals surface area (Å²) >= 11 is 5.83. The van der Waals surface area contributed by atoms with Crippen molar-refractivity contribution in [3.05, 3.63) is 131 Å². The number of hydrogen-bond donors (Lipinski definition) is 1. The topological polar surface area (TPSA) is 86.8 Å². The van der Waals surface area contributed by atoms with E-state index in [0.717, 1.165) is 17.0 Å². The number of halogens is 5. The molecule has 0 aliphatic heterocycles. The summed E-state index contributed by atoms with van der Waals surface area (Å²) in [6, 6.07) is 22.0. The molecule has 2 amide bonds. The van der Waals surface area contributed by atoms with Crippen molar-refractivity contribution in [1.29, 1.82) is 0 Å². The molecular weight excluding hydrogens is 658 g/mol. The molecule has 1 N–H and O–H groups in total. The quantitative estimate of drug-likeness (QED) is 0.165. The number of amides is 2. The van der Waals surface area contributed by atoms with Crippen molar-refractivity contribution in [2.24, 2.45) is 0 Å². The van der Waals surface area contributed by atoms with Crippen molar-refractivity contribution in [1.82, 2.24) is 10.2 Å². The summed E-state index contributed by atoms with van der Waals surface area (Å²) in [5.41, 5.74) is -0.640. The molecule has 0 aliphatic carbocycles. The summed E-state index contributed by atoms with van der Waals surface area (Å²) in [7, 11) is -4.63. The van der Waals surface area contributed by atoms with Gasteiger partial charge < -0.3 is 10.2 Å². The maximum absolute atomic E-state index is 14.4. The van der Waals surface area contributed by atoms with Crippen LogP contribution in [0.25, 0.3) is 0 Å². The van der Waals surface area contributed by atoms with Gasteiger partial charge in [0.2, 0.25) is 11.8 Å². The molecule has 1 unspecified atom stereocenters. The fourth-order valence-corrected chi connectivity index (χ4v) is 6.51. The molecule has 0 fully saturated rings. The van der Waals surface area contributed by atoms with Crippen LogP contribution >= 0.6 is 11.6 Å². The number of alkyl halides is 3. The van der Waals surface area contributed by atoms with E-state index in [-0.39, 0.29) is 23.9 Å². The Labute approximate surface area is 275 Å². The molecule has 0 bridgehead atoms. The van der Waals surface area contributed by atoms with Gasteiger partial charge in [0.1, 0.15) is 18.4 Å². The normalized spacial score (nSPS) is 12.4. The van der Waals surface area contributed by atoms with Crippen LogP contribution < -0.4 is 9.62 Å². The molecule has 4 aromatic rings. The number of nitrogens with zero attached hydrogens (tertiary/aromatic N) is 2. The second-order valence-corrected chi connectivity index (χ2v) is 13.3. The van der Waals surface area contributed by atoms with Crippen molar-refractivity contribution >= 4 is 39.1 Å². The molecule has 0 radical (unpaired) electrons. The lowest BCUT2D eigenvalue weighted by Gasteiger charge is -2.34. The van der Waals surface area contributed by atoms with Gasteiger partial charge in [-0.25, -0.2) is 12.8 Å². The van der Waals surface area contributed by atoms with Crippen molar-refractivity contribution in [2.75, 3.05) is 10.8 Å². The van der Waals surface area contributed by atoms with Gasteiger partial charge in [-0.3, -0.25) is 13.9 Å². The SMILES string of the molecule is CC(C)NC(=O)C(Cc1ccccc1)N(Cc1ccc(F)cc1)C(=O)CN(c1ccc(Cl)c(C(F)(F)F)c1)S(=O)(=O)c1ccccc1. The van der Waals surface area contributed by atoms with Crippen LogP contribution in [0.3, 0.4) is 0 Å². The highest BCUT2D eigenvalue weighted by Gasteiger charge is 2.37. The monoisotopic (exact) mass is 689 g/mol. The van der Waals surface area contributed by atoms with Gasteiger partial charge in [-0.15, -0.1) is 0 Å². The third-order valence-electron chi connectivity index (χ3n) is 7.12. The van der Waals surface area contributed by atoms with Crippen LogP contribution in [0, 0.1) is 5.82 Å². The highest BCUT2D eigenvalue weighted by atomic mass is 35.5. The van der Waals surface area contributed by atoms with Gasteiger partial charge >= 0.3 is 6.18 Å². The maximum Gasteiger partial charge on any atom is 0.417 e. The van der Waals surface area contributed by atoms with E-state index in [4.69, 9.17) is 11.6 Å². The number of carbonyl (C=O) groups is 2. The van der Waals surface area contributed by atoms with Crippen molar-refractivity contribution in [3.8, 4) is 0 Å². The second-order valence-electron chi connectivity index (χ2n) is 11.0. The van der Waals surface area contributed by atoms with Gasteiger partial charge in [0.25, 0.3) is 10.0 Å². The zero-order chi connectivity index (χ0) is 34.4. The van der Waals surface area contributed by atoms with Crippen LogP contribution in [0.15, 0.2) is 108 Å². The molecule has 4 aromatic carbocycles. The van der Waals surface area contributed by atoms with Gasteiger partial charge in [0, 0.05) is 19.0 Å². The van der Waals surface area contributed by atoms with E-state index in [0.29, 0.717) is 21.5 Å². The molecule has 7 nitrogen and oxygen atoms in total. The Bertz CT molecular complexity index is 1790. The number of anilines is 1. The van der Waals surface area contributed by atoms with Crippen LogP contribution in [0.1, 0.15) is 30.5 Å². The Balaban J connectivity index is 1.85. The molecule has 13 heteroatoms. The van der Waals surface area contributed by atoms with Gasteiger partial charge in [0.15, 0.2) is 0 Å². The number of rotatable bonds is 12. The molecule has 248 valence electrons. The number of nitrogens with one attached hydrogen (secondary N) is 1. The smallest absolute Gasteiger partial charge is 0.352 e. The minimum absolute atomic E-state index is 0.0247. The van der Waals surface area contributed by atoms with E-state index in [1.54, 1.807) is 50.2 Å². The Morgan fingerprint density at radius 1 is 0.851 bits per heavy atom. The number of hydrogen-bond acceptors (Lipinski definition) is 4. The largest absolute Gasteiger partial charge is 0.417 e. The van der Waals surface area contributed by atoms with Gasteiger partial charge in [-0.2, -0.15) is 13.2 Å². The fourth-order valence-electron chi connectivity index (χ4n) is 4.86. The average molecular weight is 690 g/mol. The van der Waals surface area contributed by atoms with Crippen molar-refractivity contribution in [3.63, 3.8) is 0 Å². The van der Waals surface area contributed by atoms with Crippen LogP contribution in [0.2, 0.25) is 5.02 Å². The maximum atomic E-state index is 14.4. The summed E-state index contributed by atoms with van der Waals surface area (Å²) in [6.07, 6.45) is -4.90. The molecule has 1 atom stereocenters. The summed E-state index contributed by atoms with van der Waals surface area (Å²) in [5.74, 6) is -1.96. The first kappa shape index (κ1) is 35.4. The summed E-state index contributed by atoms with van der Waals surface area (Å²) < 4.78 is 84.0. The Hall–Kier alpha value is -4.42. The van der Waals surface area contributed by atoms with E-state index in [2.05, 4.69) is 5.32 Å². The van der Waals surface area contributed by atoms with E-state index in [1.807, 2.05) is 0 Å². The Kier molecular flexibility index (Phi) is 11.3. The Morgan fingerprint density at radius 2 is 1.45 bits per heavy atom. The van der Waals surface area contributed by atoms with Gasteiger partial charge in [-0.1, -0.05) is 72.3 Å². The third kappa shape index (κ3) is 9.11. The average Bonchev–Trinajstić information content (AvgIpc) is 3.02. The Morgan fingerprint density at radius 3 is 2.02 bits per heavy atom. The first-order chi connectivity index (χ1) is 22.2. The highest BCUT2D eigenvalue weighted by molar-refractivity contribution is 7.92. The first-order valence-corrected chi connectivity index (χ1v) is 16.3. The van der Waals surface area contributed by atoms with E-state index < -0.39 is 62.7 Å². The fraction of sp³-hybridized carbons (Fsp3) is 0.235. The highest BCUT2D eigenvalue weighted by Crippen LogP contribution is 2.38. The number of carbonyl (C=O) groups excluding carboxylic acids is 2. The van der Waals surface area contributed by atoms with Crippen molar-refractivity contribution < 1.29 is 35.6 Å². The van der Waals surface area contributed by atoms with Gasteiger partial charge in [-0.05, 0) is 67.4 Å². The third-order valence-corrected chi connectivity index (χ3v) is 9.24. The molecule has 47 heavy (non-hydrogen) atoms. The van der Waals surface area contributed by atoms with Crippen LogP contribution in [0.5, 0.6) is 0 Å². The molecule has 0 saturated heterocycles. The predicted molar refractivity (Wildman–Crippen MR) is 172 cm³/mol. The van der Waals surface area contributed by atoms with Crippen LogP contribution in [-0.4, -0.2) is 43.8 Å². The predicted octanol–water partition coefficient (Wildman–Crippen LogP) is 6.86. The zero-order valence-corrected chi connectivity index (χ0v) is 27.0. The lowest BCUT2D eigenvalue weighted by molar-refractivity contribution is -0.140. The van der Waals surface area contributed by atoms with Crippen LogP contribution in [0.4, 0.5) is 23.2 Å².